The van der Waals surface area contributed by atoms with Crippen molar-refractivity contribution in [1.82, 2.24) is 0 Å². The van der Waals surface area contributed by atoms with Crippen molar-refractivity contribution in [3.05, 3.63) is 23.8 Å². The van der Waals surface area contributed by atoms with E-state index in [9.17, 15) is 9.90 Å². The Kier molecular flexibility index (Phi) is 5.79. The maximum atomic E-state index is 11.8. The van der Waals surface area contributed by atoms with Gasteiger partial charge in [-0.1, -0.05) is 6.07 Å². The van der Waals surface area contributed by atoms with E-state index in [1.165, 1.54) is 7.11 Å². The zero-order valence-corrected chi connectivity index (χ0v) is 13.9. The largest absolute Gasteiger partial charge is 0.495 e. The normalized spacial score (nSPS) is 14.1. The molecule has 1 atom stereocenters. The average Bonchev–Trinajstić information content (AvgIpc) is 2.38. The van der Waals surface area contributed by atoms with Gasteiger partial charge in [0.1, 0.15) is 11.4 Å². The maximum absolute atomic E-state index is 11.8. The Bertz CT molecular complexity index is 521. The van der Waals surface area contributed by atoms with Gasteiger partial charge in [0.05, 0.1) is 19.4 Å². The third kappa shape index (κ3) is 5.91. The Morgan fingerprint density at radius 1 is 1.32 bits per heavy atom. The highest BCUT2D eigenvalue weighted by atomic mass is 16.6. The van der Waals surface area contributed by atoms with Gasteiger partial charge in [-0.2, -0.15) is 0 Å². The minimum atomic E-state index is -0.703. The average molecular weight is 310 g/mol. The second kappa shape index (κ2) is 6.98. The van der Waals surface area contributed by atoms with Crippen molar-refractivity contribution in [1.29, 1.82) is 0 Å². The summed E-state index contributed by atoms with van der Waals surface area (Å²) in [5.41, 5.74) is 6.10. The summed E-state index contributed by atoms with van der Waals surface area (Å²) < 4.78 is 10.5. The molecular formula is C16H26N2O4. The molecule has 0 saturated heterocycles. The molecule has 0 aromatic heterocycles. The van der Waals surface area contributed by atoms with E-state index in [-0.39, 0.29) is 6.61 Å². The number of carbonyl (C=O) groups excluding carboxylic acids is 1. The van der Waals surface area contributed by atoms with Gasteiger partial charge in [-0.25, -0.2) is 4.79 Å². The second-order valence-corrected chi connectivity index (χ2v) is 6.65. The molecular weight excluding hydrogens is 284 g/mol. The van der Waals surface area contributed by atoms with Crippen LogP contribution in [0.4, 0.5) is 10.5 Å². The first-order valence-electron chi connectivity index (χ1n) is 7.13. The number of hydrogen-bond acceptors (Lipinski definition) is 5. The van der Waals surface area contributed by atoms with Crippen LogP contribution in [0.2, 0.25) is 0 Å². The molecule has 6 heteroatoms. The van der Waals surface area contributed by atoms with Gasteiger partial charge < -0.3 is 20.3 Å². The standard InChI is InChI=1S/C16H26N2O4/c1-15(2,3)22-14(20)18-12-7-6-11(8-13(12)21-5)9-16(4,17)10-19/h6-8,19H,9-10,17H2,1-5H3,(H,18,20). The molecule has 1 aromatic rings. The molecule has 0 aliphatic carbocycles. The summed E-state index contributed by atoms with van der Waals surface area (Å²) in [4.78, 5) is 11.8. The molecule has 0 aliphatic rings. The molecule has 0 heterocycles. The van der Waals surface area contributed by atoms with E-state index in [4.69, 9.17) is 15.2 Å². The zero-order chi connectivity index (χ0) is 17.0. The lowest BCUT2D eigenvalue weighted by Crippen LogP contribution is -2.42. The Morgan fingerprint density at radius 3 is 2.45 bits per heavy atom. The quantitative estimate of drug-likeness (QED) is 0.776. The Labute approximate surface area is 131 Å². The first kappa shape index (κ1) is 18.3. The van der Waals surface area contributed by atoms with Gasteiger partial charge in [0.25, 0.3) is 0 Å². The zero-order valence-electron chi connectivity index (χ0n) is 13.9. The number of aliphatic hydroxyl groups excluding tert-OH is 1. The third-order valence-corrected chi connectivity index (χ3v) is 2.87. The number of nitrogens with one attached hydrogen (secondary N) is 1. The number of nitrogens with two attached hydrogens (primary N) is 1. The summed E-state index contributed by atoms with van der Waals surface area (Å²) in [5.74, 6) is 0.511. The van der Waals surface area contributed by atoms with E-state index in [2.05, 4.69) is 5.32 Å². The first-order chi connectivity index (χ1) is 10.1. The molecule has 1 unspecified atom stereocenters. The van der Waals surface area contributed by atoms with Crippen LogP contribution in [0.1, 0.15) is 33.3 Å². The monoisotopic (exact) mass is 310 g/mol. The number of carbonyl (C=O) groups is 1. The summed E-state index contributed by atoms with van der Waals surface area (Å²) in [5, 5.41) is 11.9. The minimum Gasteiger partial charge on any atom is -0.495 e. The van der Waals surface area contributed by atoms with Crippen molar-refractivity contribution < 1.29 is 19.4 Å². The van der Waals surface area contributed by atoms with Crippen LogP contribution in [-0.2, 0) is 11.2 Å². The summed E-state index contributed by atoms with van der Waals surface area (Å²) in [7, 11) is 1.52. The highest BCUT2D eigenvalue weighted by Crippen LogP contribution is 2.27. The molecule has 4 N–H and O–H groups in total. The molecule has 124 valence electrons. The number of methoxy groups -OCH3 is 1. The lowest BCUT2D eigenvalue weighted by atomic mass is 9.94. The van der Waals surface area contributed by atoms with E-state index < -0.39 is 17.2 Å². The fourth-order valence-electron chi connectivity index (χ4n) is 1.88. The van der Waals surface area contributed by atoms with E-state index in [0.717, 1.165) is 5.56 Å². The fourth-order valence-corrected chi connectivity index (χ4v) is 1.88. The van der Waals surface area contributed by atoms with Crippen molar-refractivity contribution in [3.8, 4) is 5.75 Å². The minimum absolute atomic E-state index is 0.118. The molecule has 1 aromatic carbocycles. The van der Waals surface area contributed by atoms with Gasteiger partial charge in [-0.15, -0.1) is 0 Å². The molecule has 0 bridgehead atoms. The van der Waals surface area contributed by atoms with Crippen LogP contribution in [0.25, 0.3) is 0 Å². The lowest BCUT2D eigenvalue weighted by molar-refractivity contribution is 0.0635. The van der Waals surface area contributed by atoms with Gasteiger partial charge in [0.15, 0.2) is 0 Å². The van der Waals surface area contributed by atoms with Crippen LogP contribution in [0.5, 0.6) is 5.75 Å². The first-order valence-corrected chi connectivity index (χ1v) is 7.13. The molecule has 0 radical (unpaired) electrons. The third-order valence-electron chi connectivity index (χ3n) is 2.87. The molecule has 0 saturated carbocycles. The van der Waals surface area contributed by atoms with Crippen LogP contribution in [0, 0.1) is 0 Å². The molecule has 1 rings (SSSR count). The van der Waals surface area contributed by atoms with E-state index in [1.54, 1.807) is 39.8 Å². The van der Waals surface area contributed by atoms with Crippen LogP contribution >= 0.6 is 0 Å². The number of rotatable bonds is 5. The van der Waals surface area contributed by atoms with Gasteiger partial charge in [-0.05, 0) is 51.8 Å². The molecule has 0 aliphatic heterocycles. The topological polar surface area (TPSA) is 93.8 Å². The summed E-state index contributed by atoms with van der Waals surface area (Å²) in [6.45, 7) is 7.04. The van der Waals surface area contributed by atoms with Crippen molar-refractivity contribution in [3.63, 3.8) is 0 Å². The fraction of sp³-hybridized carbons (Fsp3) is 0.562. The number of ether oxygens (including phenoxy) is 2. The van der Waals surface area contributed by atoms with Crippen molar-refractivity contribution in [2.75, 3.05) is 19.0 Å². The molecule has 6 nitrogen and oxygen atoms in total. The van der Waals surface area contributed by atoms with Crippen LogP contribution in [0.3, 0.4) is 0 Å². The number of amides is 1. The molecule has 0 spiro atoms. The van der Waals surface area contributed by atoms with Crippen LogP contribution in [0.15, 0.2) is 18.2 Å². The van der Waals surface area contributed by atoms with Gasteiger partial charge in [0, 0.05) is 5.54 Å². The summed E-state index contributed by atoms with van der Waals surface area (Å²) in [6.07, 6.45) is -0.0513. The number of anilines is 1. The van der Waals surface area contributed by atoms with E-state index in [0.29, 0.717) is 17.9 Å². The van der Waals surface area contributed by atoms with Crippen molar-refractivity contribution >= 4 is 11.8 Å². The summed E-state index contributed by atoms with van der Waals surface area (Å²) >= 11 is 0. The molecule has 1 amide bonds. The number of hydrogen-bond donors (Lipinski definition) is 3. The lowest BCUT2D eigenvalue weighted by Gasteiger charge is -2.23. The SMILES string of the molecule is COc1cc(CC(C)(N)CO)ccc1NC(=O)OC(C)(C)C. The second-order valence-electron chi connectivity index (χ2n) is 6.65. The number of benzene rings is 1. The highest BCUT2D eigenvalue weighted by Gasteiger charge is 2.20. The van der Waals surface area contributed by atoms with Gasteiger partial charge in [-0.3, -0.25) is 5.32 Å². The maximum Gasteiger partial charge on any atom is 0.412 e. The smallest absolute Gasteiger partial charge is 0.412 e. The van der Waals surface area contributed by atoms with Crippen molar-refractivity contribution in [2.45, 2.75) is 45.3 Å². The Morgan fingerprint density at radius 2 is 1.95 bits per heavy atom. The van der Waals surface area contributed by atoms with Crippen LogP contribution in [-0.4, -0.2) is 36.1 Å². The summed E-state index contributed by atoms with van der Waals surface area (Å²) in [6, 6.07) is 5.34. The van der Waals surface area contributed by atoms with Gasteiger partial charge in [0.2, 0.25) is 0 Å². The van der Waals surface area contributed by atoms with Gasteiger partial charge >= 0.3 is 6.09 Å². The van der Waals surface area contributed by atoms with E-state index in [1.807, 2.05) is 6.07 Å². The molecule has 22 heavy (non-hydrogen) atoms. The molecule has 0 fully saturated rings. The predicted molar refractivity (Wildman–Crippen MR) is 86.2 cm³/mol. The predicted octanol–water partition coefficient (Wildman–Crippen LogP) is 2.29. The van der Waals surface area contributed by atoms with Crippen molar-refractivity contribution in [2.24, 2.45) is 5.73 Å². The number of aliphatic hydroxyl groups is 1. The van der Waals surface area contributed by atoms with Crippen LogP contribution < -0.4 is 15.8 Å². The Hall–Kier alpha value is -1.79. The Balaban J connectivity index is 2.88. The highest BCUT2D eigenvalue weighted by molar-refractivity contribution is 5.87. The van der Waals surface area contributed by atoms with E-state index >= 15 is 0 Å².